The maximum atomic E-state index is 5.67. The van der Waals surface area contributed by atoms with E-state index in [1.165, 1.54) is 0 Å². The third-order valence-corrected chi connectivity index (χ3v) is 1.95. The van der Waals surface area contributed by atoms with Crippen LogP contribution >= 0.6 is 0 Å². The van der Waals surface area contributed by atoms with Gasteiger partial charge in [-0.3, -0.25) is 0 Å². The maximum Gasteiger partial charge on any atom is 1.00 e. The third-order valence-electron chi connectivity index (χ3n) is 1.95. The Kier molecular flexibility index (Phi) is 8.41. The quantitative estimate of drug-likeness (QED) is 0.280. The van der Waals surface area contributed by atoms with Crippen LogP contribution in [-0.2, 0) is 9.47 Å². The molecule has 0 N–H and O–H groups in total. The fourth-order valence-corrected chi connectivity index (χ4v) is 1.32. The first-order valence-corrected chi connectivity index (χ1v) is 5.11. The molecule has 4 heteroatoms. The molecule has 0 saturated heterocycles. The Morgan fingerprint density at radius 1 is 1.62 bits per heavy atom. The van der Waals surface area contributed by atoms with Gasteiger partial charge in [-0.15, -0.1) is 12.6 Å². The monoisotopic (exact) mass is 216 g/mol. The smallest absolute Gasteiger partial charge is 0.593 e. The first-order valence-electron chi connectivity index (χ1n) is 5.11. The SMILES string of the molecule is C=CC[C@H](OC(C)OCC)c1cc[c-]o1.[Li+]. The van der Waals surface area contributed by atoms with Gasteiger partial charge in [0.1, 0.15) is 0 Å². The van der Waals surface area contributed by atoms with Crippen molar-refractivity contribution >= 4 is 0 Å². The number of rotatable bonds is 7. The summed E-state index contributed by atoms with van der Waals surface area (Å²) in [5, 5.41) is 0. The van der Waals surface area contributed by atoms with Crippen LogP contribution in [0.15, 0.2) is 29.2 Å². The topological polar surface area (TPSA) is 31.6 Å². The summed E-state index contributed by atoms with van der Waals surface area (Å²) in [6, 6.07) is 3.56. The van der Waals surface area contributed by atoms with E-state index in [2.05, 4.69) is 12.8 Å². The standard InChI is InChI=1S/C12H17O3.Li/c1-4-7-12(11-8-6-9-14-11)15-10(3)13-5-2;/h4,6,8,10,12H,1,5,7H2,2-3H3;/q-1;+1/t10?,12-;/m0./s1. The Balaban J connectivity index is 0.00000225. The summed E-state index contributed by atoms with van der Waals surface area (Å²) < 4.78 is 16.2. The zero-order valence-corrected chi connectivity index (χ0v) is 10.2. The fraction of sp³-hybridized carbons (Fsp3) is 0.500. The summed E-state index contributed by atoms with van der Waals surface area (Å²) in [6.45, 7) is 8.12. The first-order chi connectivity index (χ1) is 7.27. The van der Waals surface area contributed by atoms with Crippen molar-refractivity contribution in [2.75, 3.05) is 6.61 Å². The molecule has 1 aromatic rings. The van der Waals surface area contributed by atoms with Gasteiger partial charge in [-0.2, -0.15) is 6.07 Å². The van der Waals surface area contributed by atoms with Crippen LogP contribution in [0.2, 0.25) is 0 Å². The molecule has 0 spiro atoms. The van der Waals surface area contributed by atoms with Gasteiger partial charge in [0.05, 0.1) is 6.10 Å². The van der Waals surface area contributed by atoms with Crippen LogP contribution in [0.3, 0.4) is 0 Å². The molecule has 0 aliphatic carbocycles. The van der Waals surface area contributed by atoms with Crippen molar-refractivity contribution in [1.29, 1.82) is 0 Å². The van der Waals surface area contributed by atoms with Gasteiger partial charge in [-0.1, -0.05) is 6.08 Å². The third kappa shape index (κ3) is 5.04. The predicted molar refractivity (Wildman–Crippen MR) is 57.3 cm³/mol. The van der Waals surface area contributed by atoms with Crippen LogP contribution < -0.4 is 18.9 Å². The van der Waals surface area contributed by atoms with Gasteiger partial charge in [-0.25, -0.2) is 0 Å². The summed E-state index contributed by atoms with van der Waals surface area (Å²) in [7, 11) is 0. The largest absolute Gasteiger partial charge is 1.00 e. The molecule has 1 aromatic heterocycles. The van der Waals surface area contributed by atoms with Crippen LogP contribution in [-0.4, -0.2) is 12.9 Å². The molecule has 0 bridgehead atoms. The van der Waals surface area contributed by atoms with Gasteiger partial charge in [0.2, 0.25) is 0 Å². The van der Waals surface area contributed by atoms with E-state index in [1.807, 2.05) is 19.9 Å². The van der Waals surface area contributed by atoms with Crippen molar-refractivity contribution in [3.63, 3.8) is 0 Å². The van der Waals surface area contributed by atoms with Gasteiger partial charge in [0.15, 0.2) is 6.29 Å². The van der Waals surface area contributed by atoms with E-state index >= 15 is 0 Å². The zero-order chi connectivity index (χ0) is 11.1. The average molecular weight is 216 g/mol. The van der Waals surface area contributed by atoms with E-state index in [0.717, 1.165) is 5.76 Å². The minimum atomic E-state index is -0.245. The molecule has 0 aliphatic rings. The Morgan fingerprint density at radius 2 is 2.38 bits per heavy atom. The van der Waals surface area contributed by atoms with Crippen molar-refractivity contribution in [3.8, 4) is 0 Å². The molecule has 0 aromatic carbocycles. The van der Waals surface area contributed by atoms with E-state index in [-0.39, 0.29) is 31.3 Å². The second-order valence-electron chi connectivity index (χ2n) is 3.13. The van der Waals surface area contributed by atoms with E-state index in [4.69, 9.17) is 13.9 Å². The Bertz CT molecular complexity index is 272. The number of hydrogen-bond acceptors (Lipinski definition) is 3. The maximum absolute atomic E-state index is 5.67. The van der Waals surface area contributed by atoms with Gasteiger partial charge in [-0.05, 0) is 32.3 Å². The second-order valence-corrected chi connectivity index (χ2v) is 3.13. The molecule has 0 amide bonds. The Labute approximate surface area is 109 Å². The van der Waals surface area contributed by atoms with Gasteiger partial charge < -0.3 is 13.9 Å². The van der Waals surface area contributed by atoms with Crippen LogP contribution in [0.1, 0.15) is 32.1 Å². The molecule has 0 aliphatic heterocycles. The van der Waals surface area contributed by atoms with Gasteiger partial charge in [0.25, 0.3) is 0 Å². The molecule has 3 nitrogen and oxygen atoms in total. The number of furan rings is 1. The minimum absolute atomic E-state index is 0. The number of ether oxygens (including phenoxy) is 2. The van der Waals surface area contributed by atoms with Crippen LogP contribution in [0.5, 0.6) is 0 Å². The van der Waals surface area contributed by atoms with Crippen LogP contribution in [0.4, 0.5) is 0 Å². The molecule has 0 radical (unpaired) electrons. The molecule has 1 rings (SSSR count). The molecule has 2 atom stereocenters. The Hall–Kier alpha value is -0.463. The molecule has 1 unspecified atom stereocenters. The van der Waals surface area contributed by atoms with Crippen molar-refractivity contribution < 1.29 is 32.8 Å². The van der Waals surface area contributed by atoms with Crippen LogP contribution in [0, 0.1) is 6.26 Å². The minimum Gasteiger partial charge on any atom is -0.593 e. The van der Waals surface area contributed by atoms with Gasteiger partial charge >= 0.3 is 18.9 Å². The molecule has 0 fully saturated rings. The summed E-state index contributed by atoms with van der Waals surface area (Å²) in [5.41, 5.74) is 0. The van der Waals surface area contributed by atoms with Crippen LogP contribution in [0.25, 0.3) is 0 Å². The fourth-order valence-electron chi connectivity index (χ4n) is 1.32. The molecule has 1 heterocycles. The molecule has 16 heavy (non-hydrogen) atoms. The molecular formula is C12H17LiO3. The van der Waals surface area contributed by atoms with Crippen molar-refractivity contribution in [1.82, 2.24) is 0 Å². The Morgan fingerprint density at radius 3 is 2.88 bits per heavy atom. The second kappa shape index (κ2) is 8.66. The van der Waals surface area contributed by atoms with E-state index in [0.29, 0.717) is 13.0 Å². The van der Waals surface area contributed by atoms with Crippen molar-refractivity contribution in [2.45, 2.75) is 32.7 Å². The molecular weight excluding hydrogens is 199 g/mol. The van der Waals surface area contributed by atoms with E-state index in [1.54, 1.807) is 12.1 Å². The van der Waals surface area contributed by atoms with Crippen molar-refractivity contribution in [3.05, 3.63) is 36.8 Å². The molecule has 0 saturated carbocycles. The summed E-state index contributed by atoms with van der Waals surface area (Å²) in [4.78, 5) is 0. The van der Waals surface area contributed by atoms with Gasteiger partial charge in [0, 0.05) is 6.61 Å². The molecule has 84 valence electrons. The summed E-state index contributed by atoms with van der Waals surface area (Å²) in [5.74, 6) is 0.751. The van der Waals surface area contributed by atoms with E-state index in [9.17, 15) is 0 Å². The number of hydrogen-bond donors (Lipinski definition) is 0. The van der Waals surface area contributed by atoms with E-state index < -0.39 is 0 Å². The summed E-state index contributed by atoms with van der Waals surface area (Å²) in [6.07, 6.45) is 4.75. The predicted octanol–water partition coefficient (Wildman–Crippen LogP) is 0.100. The zero-order valence-electron chi connectivity index (χ0n) is 10.2. The van der Waals surface area contributed by atoms with Crippen molar-refractivity contribution in [2.24, 2.45) is 0 Å². The first kappa shape index (κ1) is 15.5. The summed E-state index contributed by atoms with van der Waals surface area (Å²) >= 11 is 0. The average Bonchev–Trinajstić information content (AvgIpc) is 2.70. The normalized spacial score (nSPS) is 13.9.